The van der Waals surface area contributed by atoms with Crippen LogP contribution in [0, 0.1) is 0 Å². The van der Waals surface area contributed by atoms with E-state index in [1.807, 2.05) is 20.8 Å². The molecule has 0 fully saturated rings. The average molecular weight is 350 g/mol. The highest BCUT2D eigenvalue weighted by molar-refractivity contribution is 7.99. The Kier molecular flexibility index (Phi) is 11.9. The molecule has 0 aliphatic carbocycles. The van der Waals surface area contributed by atoms with Crippen molar-refractivity contribution in [3.8, 4) is 0 Å². The van der Waals surface area contributed by atoms with Gasteiger partial charge in [-0.2, -0.15) is 11.8 Å². The highest BCUT2D eigenvalue weighted by atomic mass is 32.2. The molecule has 0 saturated heterocycles. The number of ether oxygens (including phenoxy) is 3. The maximum atomic E-state index is 12.1. The molecule has 0 aromatic heterocycles. The van der Waals surface area contributed by atoms with Crippen LogP contribution in [0.25, 0.3) is 0 Å². The number of hydrogen-bond donors (Lipinski definition) is 1. The molecule has 0 heterocycles. The molecule has 1 N–H and O–H groups in total. The normalized spacial score (nSPS) is 11.2. The van der Waals surface area contributed by atoms with Crippen molar-refractivity contribution < 1.29 is 23.8 Å². The van der Waals surface area contributed by atoms with Crippen molar-refractivity contribution in [2.75, 3.05) is 58.6 Å². The maximum Gasteiger partial charge on any atom is 0.407 e. The zero-order valence-corrected chi connectivity index (χ0v) is 15.7. The number of hydrogen-bond acceptors (Lipinski definition) is 6. The Morgan fingerprint density at radius 3 is 2.13 bits per heavy atom. The average Bonchev–Trinajstić information content (AvgIpc) is 2.45. The van der Waals surface area contributed by atoms with Crippen molar-refractivity contribution in [1.82, 2.24) is 10.2 Å². The summed E-state index contributed by atoms with van der Waals surface area (Å²) in [5.41, 5.74) is -0.504. The lowest BCUT2D eigenvalue weighted by Crippen LogP contribution is -2.38. The SMILES string of the molecule is COCCN(CCOC)C(=O)CSCCNC(=O)OC(C)(C)C. The van der Waals surface area contributed by atoms with E-state index in [-0.39, 0.29) is 5.91 Å². The molecule has 0 rings (SSSR count). The van der Waals surface area contributed by atoms with E-state index >= 15 is 0 Å². The van der Waals surface area contributed by atoms with Crippen molar-refractivity contribution >= 4 is 23.8 Å². The summed E-state index contributed by atoms with van der Waals surface area (Å²) >= 11 is 1.47. The number of methoxy groups -OCH3 is 2. The Labute approximate surface area is 143 Å². The molecule has 7 nitrogen and oxygen atoms in total. The fraction of sp³-hybridized carbons (Fsp3) is 0.867. The van der Waals surface area contributed by atoms with E-state index in [1.54, 1.807) is 19.1 Å². The van der Waals surface area contributed by atoms with Crippen LogP contribution >= 0.6 is 11.8 Å². The van der Waals surface area contributed by atoms with Gasteiger partial charge in [-0.3, -0.25) is 4.79 Å². The molecule has 0 aromatic rings. The second-order valence-electron chi connectivity index (χ2n) is 5.85. The molecule has 0 aromatic carbocycles. The monoisotopic (exact) mass is 350 g/mol. The lowest BCUT2D eigenvalue weighted by molar-refractivity contribution is -0.129. The standard InChI is InChI=1S/C15H30N2O5S/c1-15(2,3)22-14(19)16-6-11-23-12-13(18)17(7-9-20-4)8-10-21-5/h6-12H2,1-5H3,(H,16,19). The van der Waals surface area contributed by atoms with Crippen LogP contribution < -0.4 is 5.32 Å². The predicted molar refractivity (Wildman–Crippen MR) is 91.9 cm³/mol. The highest BCUT2D eigenvalue weighted by Gasteiger charge is 2.16. The Balaban J connectivity index is 3.90. The third-order valence-electron chi connectivity index (χ3n) is 2.62. The van der Waals surface area contributed by atoms with Gasteiger partial charge >= 0.3 is 6.09 Å². The van der Waals surface area contributed by atoms with Crippen LogP contribution in [0.15, 0.2) is 0 Å². The molecule has 0 aliphatic heterocycles. The first-order chi connectivity index (χ1) is 10.8. The third-order valence-corrected chi connectivity index (χ3v) is 3.57. The minimum absolute atomic E-state index is 0.0429. The van der Waals surface area contributed by atoms with Crippen LogP contribution in [-0.4, -0.2) is 81.1 Å². The largest absolute Gasteiger partial charge is 0.444 e. The Morgan fingerprint density at radius 2 is 1.65 bits per heavy atom. The number of rotatable bonds is 11. The molecule has 0 atom stereocenters. The van der Waals surface area contributed by atoms with E-state index in [1.165, 1.54) is 11.8 Å². The maximum absolute atomic E-state index is 12.1. The van der Waals surface area contributed by atoms with E-state index in [2.05, 4.69) is 5.32 Å². The molecule has 0 saturated carbocycles. The van der Waals surface area contributed by atoms with Gasteiger partial charge < -0.3 is 24.4 Å². The number of alkyl carbamates (subject to hydrolysis) is 1. The van der Waals surface area contributed by atoms with Gasteiger partial charge in [0.1, 0.15) is 5.60 Å². The van der Waals surface area contributed by atoms with Crippen molar-refractivity contribution in [2.24, 2.45) is 0 Å². The van der Waals surface area contributed by atoms with E-state index in [9.17, 15) is 9.59 Å². The summed E-state index contributed by atoms with van der Waals surface area (Å²) in [6, 6.07) is 0. The summed E-state index contributed by atoms with van der Waals surface area (Å²) in [5.74, 6) is 1.05. The predicted octanol–water partition coefficient (Wildman–Crippen LogP) is 1.37. The molecular weight excluding hydrogens is 320 g/mol. The number of amides is 2. The van der Waals surface area contributed by atoms with Crippen molar-refractivity contribution in [3.63, 3.8) is 0 Å². The van der Waals surface area contributed by atoms with Crippen LogP contribution in [0.1, 0.15) is 20.8 Å². The van der Waals surface area contributed by atoms with Gasteiger partial charge in [-0.05, 0) is 20.8 Å². The first kappa shape index (κ1) is 22.0. The molecule has 8 heteroatoms. The van der Waals surface area contributed by atoms with Gasteiger partial charge in [-0.25, -0.2) is 4.79 Å². The van der Waals surface area contributed by atoms with Gasteiger partial charge in [-0.1, -0.05) is 0 Å². The Morgan fingerprint density at radius 1 is 1.09 bits per heavy atom. The number of carbonyl (C=O) groups excluding carboxylic acids is 2. The molecule has 23 heavy (non-hydrogen) atoms. The summed E-state index contributed by atoms with van der Waals surface area (Å²) in [6.45, 7) is 8.01. The minimum Gasteiger partial charge on any atom is -0.444 e. The van der Waals surface area contributed by atoms with Gasteiger partial charge in [0.25, 0.3) is 0 Å². The summed E-state index contributed by atoms with van der Waals surface area (Å²) in [4.78, 5) is 25.3. The minimum atomic E-state index is -0.504. The lowest BCUT2D eigenvalue weighted by Gasteiger charge is -2.22. The second kappa shape index (κ2) is 12.4. The highest BCUT2D eigenvalue weighted by Crippen LogP contribution is 2.07. The molecular formula is C15H30N2O5S. The van der Waals surface area contributed by atoms with Gasteiger partial charge in [-0.15, -0.1) is 0 Å². The zero-order chi connectivity index (χ0) is 17.7. The first-order valence-electron chi connectivity index (χ1n) is 7.60. The number of nitrogens with zero attached hydrogens (tertiary/aromatic N) is 1. The summed E-state index contributed by atoms with van der Waals surface area (Å²) in [5, 5.41) is 2.66. The molecule has 136 valence electrons. The Bertz CT molecular complexity index is 339. The Hall–Kier alpha value is -0.990. The molecule has 0 radical (unpaired) electrons. The third kappa shape index (κ3) is 13.2. The summed E-state index contributed by atoms with van der Waals surface area (Å²) in [7, 11) is 3.21. The van der Waals surface area contributed by atoms with Crippen LogP contribution in [0.4, 0.5) is 4.79 Å². The van der Waals surface area contributed by atoms with Gasteiger partial charge in [0.15, 0.2) is 0 Å². The molecule has 0 unspecified atom stereocenters. The quantitative estimate of drug-likeness (QED) is 0.567. The van der Waals surface area contributed by atoms with Crippen LogP contribution in [-0.2, 0) is 19.0 Å². The second-order valence-corrected chi connectivity index (χ2v) is 6.95. The number of nitrogens with one attached hydrogen (secondary N) is 1. The lowest BCUT2D eigenvalue weighted by atomic mass is 10.2. The van der Waals surface area contributed by atoms with E-state index in [0.29, 0.717) is 44.4 Å². The van der Waals surface area contributed by atoms with Crippen molar-refractivity contribution in [2.45, 2.75) is 26.4 Å². The fourth-order valence-electron chi connectivity index (χ4n) is 1.55. The fourth-order valence-corrected chi connectivity index (χ4v) is 2.30. The topological polar surface area (TPSA) is 77.1 Å². The van der Waals surface area contributed by atoms with Gasteiger partial charge in [0, 0.05) is 39.6 Å². The van der Waals surface area contributed by atoms with Crippen molar-refractivity contribution in [3.05, 3.63) is 0 Å². The molecule has 2 amide bonds. The first-order valence-corrected chi connectivity index (χ1v) is 8.76. The smallest absolute Gasteiger partial charge is 0.407 e. The summed E-state index contributed by atoms with van der Waals surface area (Å²) in [6.07, 6.45) is -0.439. The molecule has 0 spiro atoms. The van der Waals surface area contributed by atoms with E-state index in [4.69, 9.17) is 14.2 Å². The number of carbonyl (C=O) groups is 2. The van der Waals surface area contributed by atoms with Gasteiger partial charge in [0.05, 0.1) is 19.0 Å². The van der Waals surface area contributed by atoms with Crippen molar-refractivity contribution in [1.29, 1.82) is 0 Å². The molecule has 0 bridgehead atoms. The van der Waals surface area contributed by atoms with E-state index in [0.717, 1.165) is 0 Å². The van der Waals surface area contributed by atoms with Crippen LogP contribution in [0.5, 0.6) is 0 Å². The van der Waals surface area contributed by atoms with E-state index < -0.39 is 11.7 Å². The number of thioether (sulfide) groups is 1. The zero-order valence-electron chi connectivity index (χ0n) is 14.8. The van der Waals surface area contributed by atoms with Crippen LogP contribution in [0.2, 0.25) is 0 Å². The summed E-state index contributed by atoms with van der Waals surface area (Å²) < 4.78 is 15.1. The van der Waals surface area contributed by atoms with Crippen LogP contribution in [0.3, 0.4) is 0 Å². The molecule has 0 aliphatic rings. The van der Waals surface area contributed by atoms with Gasteiger partial charge in [0.2, 0.25) is 5.91 Å².